The lowest BCUT2D eigenvalue weighted by molar-refractivity contribution is 0.200. The number of ether oxygens (including phenoxy) is 1. The third-order valence-corrected chi connectivity index (χ3v) is 6.44. The van der Waals surface area contributed by atoms with Gasteiger partial charge in [0, 0.05) is 17.7 Å². The number of benzene rings is 3. The molecule has 8 nitrogen and oxygen atoms in total. The lowest BCUT2D eigenvalue weighted by Crippen LogP contribution is -2.27. The summed E-state index contributed by atoms with van der Waals surface area (Å²) in [6.45, 7) is 0.512. The van der Waals surface area contributed by atoms with E-state index in [-0.39, 0.29) is 10.7 Å². The Labute approximate surface area is 205 Å². The van der Waals surface area contributed by atoms with E-state index in [4.69, 9.17) is 21.0 Å². The van der Waals surface area contributed by atoms with E-state index in [0.717, 1.165) is 37.7 Å². The van der Waals surface area contributed by atoms with Gasteiger partial charge < -0.3 is 15.8 Å². The number of nitrogen functional groups attached to an aromatic ring is 1. The minimum atomic E-state index is -3.86. The Kier molecular flexibility index (Phi) is 8.99. The Morgan fingerprint density at radius 3 is 2.34 bits per heavy atom. The van der Waals surface area contributed by atoms with Crippen molar-refractivity contribution in [2.75, 3.05) is 6.54 Å². The maximum Gasteiger partial charge on any atom is 0.412 e. The second kappa shape index (κ2) is 12.1. The van der Waals surface area contributed by atoms with Gasteiger partial charge in [0.1, 0.15) is 11.6 Å². The van der Waals surface area contributed by atoms with E-state index < -0.39 is 16.1 Å². The van der Waals surface area contributed by atoms with Crippen molar-refractivity contribution in [1.29, 1.82) is 5.41 Å². The standard InChI is InChI=1S/C26H30N4O4S/c27-25(28)21-10-7-9-19(18-21)8-3-1-2-6-17-30-26(31)34-22-15-13-20(14-16-22)23-11-4-5-12-24(23)35(29,32)33/h4-5,7,9-16,18H,1-3,6,8,17H2,(H3,27,28)(H,30,31)(H2,29,32,33). The molecule has 0 atom stereocenters. The van der Waals surface area contributed by atoms with Crippen LogP contribution in [0.1, 0.15) is 36.8 Å². The second-order valence-electron chi connectivity index (χ2n) is 8.16. The van der Waals surface area contributed by atoms with Crippen molar-refractivity contribution in [3.05, 3.63) is 83.9 Å². The first-order valence-corrected chi connectivity index (χ1v) is 12.9. The van der Waals surface area contributed by atoms with E-state index in [0.29, 0.717) is 23.4 Å². The van der Waals surface area contributed by atoms with Crippen molar-refractivity contribution in [3.8, 4) is 16.9 Å². The van der Waals surface area contributed by atoms with Gasteiger partial charge in [0.25, 0.3) is 0 Å². The molecule has 0 saturated heterocycles. The molecule has 3 rings (SSSR count). The number of carbonyl (C=O) groups is 1. The number of amidine groups is 1. The summed E-state index contributed by atoms with van der Waals surface area (Å²) < 4.78 is 28.9. The molecule has 0 radical (unpaired) electrons. The molecule has 6 N–H and O–H groups in total. The van der Waals surface area contributed by atoms with Gasteiger partial charge in [-0.25, -0.2) is 18.4 Å². The van der Waals surface area contributed by atoms with E-state index in [1.54, 1.807) is 42.5 Å². The first kappa shape index (κ1) is 25.9. The van der Waals surface area contributed by atoms with Gasteiger partial charge >= 0.3 is 6.09 Å². The summed E-state index contributed by atoms with van der Waals surface area (Å²) in [6, 6.07) is 20.8. The zero-order valence-electron chi connectivity index (χ0n) is 19.4. The van der Waals surface area contributed by atoms with Crippen molar-refractivity contribution in [3.63, 3.8) is 0 Å². The van der Waals surface area contributed by atoms with Crippen LogP contribution in [0.5, 0.6) is 5.75 Å². The smallest absolute Gasteiger partial charge is 0.410 e. The number of hydrogen-bond acceptors (Lipinski definition) is 5. The highest BCUT2D eigenvalue weighted by Crippen LogP contribution is 2.28. The highest BCUT2D eigenvalue weighted by atomic mass is 32.2. The number of unbranched alkanes of at least 4 members (excludes halogenated alkanes) is 3. The van der Waals surface area contributed by atoms with Gasteiger partial charge in [0.2, 0.25) is 10.0 Å². The number of sulfonamides is 1. The molecule has 1 amide bonds. The van der Waals surface area contributed by atoms with Crippen LogP contribution in [0.3, 0.4) is 0 Å². The Morgan fingerprint density at radius 1 is 0.914 bits per heavy atom. The molecule has 0 spiro atoms. The fourth-order valence-corrected chi connectivity index (χ4v) is 4.45. The van der Waals surface area contributed by atoms with Gasteiger partial charge in [-0.3, -0.25) is 5.41 Å². The minimum absolute atomic E-state index is 0.0380. The average molecular weight is 495 g/mol. The summed E-state index contributed by atoms with van der Waals surface area (Å²) in [6.07, 6.45) is 4.25. The predicted molar refractivity (Wildman–Crippen MR) is 137 cm³/mol. The Bertz CT molecular complexity index is 1270. The molecule has 3 aromatic rings. The monoisotopic (exact) mass is 494 g/mol. The quantitative estimate of drug-likeness (QED) is 0.179. The number of nitrogens with two attached hydrogens (primary N) is 2. The molecule has 184 valence electrons. The van der Waals surface area contributed by atoms with Gasteiger partial charge in [-0.2, -0.15) is 0 Å². The topological polar surface area (TPSA) is 148 Å². The molecule has 0 bridgehead atoms. The molecule has 0 saturated carbocycles. The SMILES string of the molecule is N=C(N)c1cccc(CCCCCCNC(=O)Oc2ccc(-c3ccccc3S(N)(=O)=O)cc2)c1. The Balaban J connectivity index is 1.38. The van der Waals surface area contributed by atoms with Gasteiger partial charge in [-0.15, -0.1) is 0 Å². The van der Waals surface area contributed by atoms with Crippen molar-refractivity contribution >= 4 is 22.0 Å². The van der Waals surface area contributed by atoms with Crippen LogP contribution in [0.25, 0.3) is 11.1 Å². The fourth-order valence-electron chi connectivity index (χ4n) is 3.69. The van der Waals surface area contributed by atoms with Crippen LogP contribution in [0.4, 0.5) is 4.79 Å². The van der Waals surface area contributed by atoms with Gasteiger partial charge in [0.15, 0.2) is 0 Å². The van der Waals surface area contributed by atoms with Crippen LogP contribution in [0.2, 0.25) is 0 Å². The van der Waals surface area contributed by atoms with E-state index in [1.807, 2.05) is 24.3 Å². The number of carbonyl (C=O) groups excluding carboxylic acids is 1. The molecular weight excluding hydrogens is 464 g/mol. The molecule has 0 unspecified atom stereocenters. The number of amides is 1. The molecule has 0 heterocycles. The van der Waals surface area contributed by atoms with Gasteiger partial charge in [-0.1, -0.05) is 61.4 Å². The van der Waals surface area contributed by atoms with Crippen LogP contribution in [-0.2, 0) is 16.4 Å². The number of primary sulfonamides is 1. The van der Waals surface area contributed by atoms with E-state index in [9.17, 15) is 13.2 Å². The zero-order valence-corrected chi connectivity index (χ0v) is 20.2. The molecule has 0 fully saturated rings. The largest absolute Gasteiger partial charge is 0.412 e. The number of aryl methyl sites for hydroxylation is 1. The van der Waals surface area contributed by atoms with Crippen LogP contribution < -0.4 is 20.9 Å². The van der Waals surface area contributed by atoms with E-state index >= 15 is 0 Å². The minimum Gasteiger partial charge on any atom is -0.410 e. The number of rotatable bonds is 11. The van der Waals surface area contributed by atoms with Crippen LogP contribution in [0, 0.1) is 5.41 Å². The molecule has 0 aromatic heterocycles. The van der Waals surface area contributed by atoms with Crippen molar-refractivity contribution in [2.24, 2.45) is 10.9 Å². The lowest BCUT2D eigenvalue weighted by Gasteiger charge is -2.10. The maximum atomic E-state index is 12.1. The molecule has 3 aromatic carbocycles. The fraction of sp³-hybridized carbons (Fsp3) is 0.231. The van der Waals surface area contributed by atoms with Crippen LogP contribution in [0.15, 0.2) is 77.7 Å². The summed E-state index contributed by atoms with van der Waals surface area (Å²) in [4.78, 5) is 12.1. The second-order valence-corrected chi connectivity index (χ2v) is 9.69. The lowest BCUT2D eigenvalue weighted by atomic mass is 10.0. The highest BCUT2D eigenvalue weighted by molar-refractivity contribution is 7.89. The Morgan fingerprint density at radius 2 is 1.63 bits per heavy atom. The first-order valence-electron chi connectivity index (χ1n) is 11.4. The first-order chi connectivity index (χ1) is 16.7. The summed E-state index contributed by atoms with van der Waals surface area (Å²) in [5, 5.41) is 15.5. The third-order valence-electron chi connectivity index (χ3n) is 5.47. The van der Waals surface area contributed by atoms with E-state index in [1.165, 1.54) is 11.6 Å². The van der Waals surface area contributed by atoms with Crippen molar-refractivity contribution in [1.82, 2.24) is 5.32 Å². The molecule has 0 aliphatic carbocycles. The average Bonchev–Trinajstić information content (AvgIpc) is 2.83. The molecule has 0 aliphatic heterocycles. The van der Waals surface area contributed by atoms with Gasteiger partial charge in [0.05, 0.1) is 4.90 Å². The third kappa shape index (κ3) is 7.94. The van der Waals surface area contributed by atoms with E-state index in [2.05, 4.69) is 5.32 Å². The molecule has 35 heavy (non-hydrogen) atoms. The van der Waals surface area contributed by atoms with Crippen LogP contribution in [-0.4, -0.2) is 26.9 Å². The highest BCUT2D eigenvalue weighted by Gasteiger charge is 2.14. The molecule has 9 heteroatoms. The predicted octanol–water partition coefficient (Wildman–Crippen LogP) is 4.18. The molecular formula is C26H30N4O4S. The normalized spacial score (nSPS) is 11.1. The van der Waals surface area contributed by atoms with Crippen molar-refractivity contribution in [2.45, 2.75) is 37.0 Å². The summed E-state index contributed by atoms with van der Waals surface area (Å²) in [5.41, 5.74) is 8.57. The maximum absolute atomic E-state index is 12.1. The molecule has 0 aliphatic rings. The van der Waals surface area contributed by atoms with Crippen LogP contribution >= 0.6 is 0 Å². The number of nitrogens with one attached hydrogen (secondary N) is 2. The summed E-state index contributed by atoms with van der Waals surface area (Å²) in [5.74, 6) is 0.431. The zero-order chi connectivity index (χ0) is 25.3. The Hall–Kier alpha value is -3.69. The summed E-state index contributed by atoms with van der Waals surface area (Å²) >= 11 is 0. The van der Waals surface area contributed by atoms with Gasteiger partial charge in [-0.05, 0) is 54.7 Å². The number of hydrogen-bond donors (Lipinski definition) is 4. The van der Waals surface area contributed by atoms with Crippen molar-refractivity contribution < 1.29 is 17.9 Å². The summed E-state index contributed by atoms with van der Waals surface area (Å²) in [7, 11) is -3.86.